The van der Waals surface area contributed by atoms with E-state index in [1.165, 1.54) is 30.3 Å². The molecule has 0 atom stereocenters. The molecule has 1 aliphatic rings. The van der Waals surface area contributed by atoms with Gasteiger partial charge in [-0.25, -0.2) is 13.4 Å². The number of nitrogens with zero attached hydrogens (tertiary/aromatic N) is 1. The van der Waals surface area contributed by atoms with Crippen molar-refractivity contribution in [2.75, 3.05) is 18.4 Å². The number of carbonyl (C=O) groups is 1. The third kappa shape index (κ3) is 4.95. The van der Waals surface area contributed by atoms with E-state index in [1.807, 2.05) is 0 Å². The van der Waals surface area contributed by atoms with Gasteiger partial charge in [-0.05, 0) is 49.2 Å². The molecular formula is C20H21ClF3N3O3S. The lowest BCUT2D eigenvalue weighted by molar-refractivity contribution is -0.137. The Morgan fingerprint density at radius 1 is 1.06 bits per heavy atom. The molecule has 0 saturated heterocycles. The van der Waals surface area contributed by atoms with E-state index < -0.39 is 32.2 Å². The number of pyridine rings is 1. The van der Waals surface area contributed by atoms with Gasteiger partial charge in [0, 0.05) is 24.3 Å². The van der Waals surface area contributed by atoms with Crippen molar-refractivity contribution in [3.8, 4) is 0 Å². The number of rotatable bonds is 7. The lowest BCUT2D eigenvalue weighted by Crippen LogP contribution is -2.51. The Morgan fingerprint density at radius 3 is 2.26 bits per heavy atom. The maximum Gasteiger partial charge on any atom is 0.417 e. The van der Waals surface area contributed by atoms with Crippen LogP contribution in [0.1, 0.15) is 31.2 Å². The van der Waals surface area contributed by atoms with Crippen LogP contribution in [0.3, 0.4) is 0 Å². The number of anilines is 1. The minimum absolute atomic E-state index is 0.0426. The van der Waals surface area contributed by atoms with Crippen LogP contribution in [-0.2, 0) is 20.8 Å². The number of sulfone groups is 1. The molecule has 0 bridgehead atoms. The van der Waals surface area contributed by atoms with E-state index >= 15 is 0 Å². The van der Waals surface area contributed by atoms with Crippen molar-refractivity contribution in [2.24, 2.45) is 0 Å². The Bertz CT molecular complexity index is 1020. The summed E-state index contributed by atoms with van der Waals surface area (Å²) in [6.45, 7) is 0.251. The first-order valence-electron chi connectivity index (χ1n) is 9.62. The van der Waals surface area contributed by atoms with Crippen LogP contribution in [0.4, 0.5) is 19.0 Å². The van der Waals surface area contributed by atoms with Crippen molar-refractivity contribution in [1.29, 1.82) is 0 Å². The average Bonchev–Trinajstić information content (AvgIpc) is 3.23. The second-order valence-corrected chi connectivity index (χ2v) is 9.97. The van der Waals surface area contributed by atoms with E-state index in [0.717, 1.165) is 6.07 Å². The highest BCUT2D eigenvalue weighted by Gasteiger charge is 2.52. The predicted octanol–water partition coefficient (Wildman–Crippen LogP) is 4.07. The minimum Gasteiger partial charge on any atom is -0.368 e. The molecule has 2 aromatic rings. The van der Waals surface area contributed by atoms with Crippen LogP contribution in [0.5, 0.6) is 0 Å². The summed E-state index contributed by atoms with van der Waals surface area (Å²) >= 11 is 5.84. The molecule has 3 rings (SSSR count). The summed E-state index contributed by atoms with van der Waals surface area (Å²) in [5.41, 5.74) is -0.859. The molecule has 0 spiro atoms. The number of hydrogen-bond donors (Lipinski definition) is 2. The zero-order valence-electron chi connectivity index (χ0n) is 16.4. The van der Waals surface area contributed by atoms with E-state index in [2.05, 4.69) is 15.6 Å². The molecule has 11 heteroatoms. The third-order valence-electron chi connectivity index (χ3n) is 5.27. The number of halogens is 4. The zero-order chi connectivity index (χ0) is 22.7. The summed E-state index contributed by atoms with van der Waals surface area (Å²) in [7, 11) is -3.93. The van der Waals surface area contributed by atoms with Crippen LogP contribution in [0.2, 0.25) is 5.02 Å². The second-order valence-electron chi connectivity index (χ2n) is 7.27. The molecule has 1 aromatic heterocycles. The maximum absolute atomic E-state index is 13.3. The molecule has 6 nitrogen and oxygen atoms in total. The smallest absolute Gasteiger partial charge is 0.368 e. The molecule has 0 radical (unpaired) electrons. The number of hydrogen-bond acceptors (Lipinski definition) is 5. The first kappa shape index (κ1) is 23.3. The molecule has 0 aliphatic heterocycles. The summed E-state index contributed by atoms with van der Waals surface area (Å²) < 4.78 is 62.7. The van der Waals surface area contributed by atoms with Crippen molar-refractivity contribution >= 4 is 33.2 Å². The zero-order valence-corrected chi connectivity index (χ0v) is 17.9. The average molecular weight is 476 g/mol. The highest BCUT2D eigenvalue weighted by Crippen LogP contribution is 2.41. The molecule has 0 unspecified atom stereocenters. The topological polar surface area (TPSA) is 88.2 Å². The van der Waals surface area contributed by atoms with Crippen LogP contribution in [0.25, 0.3) is 0 Å². The Balaban J connectivity index is 1.63. The summed E-state index contributed by atoms with van der Waals surface area (Å²) in [4.78, 5) is 16.7. The Kier molecular flexibility index (Phi) is 6.80. The quantitative estimate of drug-likeness (QED) is 0.589. The van der Waals surface area contributed by atoms with E-state index in [0.29, 0.717) is 24.1 Å². The maximum atomic E-state index is 13.3. The Labute approximate surface area is 183 Å². The van der Waals surface area contributed by atoms with E-state index in [1.54, 1.807) is 0 Å². The van der Waals surface area contributed by atoms with Gasteiger partial charge >= 0.3 is 6.18 Å². The van der Waals surface area contributed by atoms with Crippen molar-refractivity contribution in [3.63, 3.8) is 0 Å². The Morgan fingerprint density at radius 2 is 1.71 bits per heavy atom. The van der Waals surface area contributed by atoms with E-state index in [-0.39, 0.29) is 36.6 Å². The molecule has 1 aliphatic carbocycles. The largest absolute Gasteiger partial charge is 0.417 e. The van der Waals surface area contributed by atoms with E-state index in [4.69, 9.17) is 11.6 Å². The van der Waals surface area contributed by atoms with Gasteiger partial charge in [0.15, 0.2) is 14.6 Å². The summed E-state index contributed by atoms with van der Waals surface area (Å²) in [5.74, 6) is -0.367. The summed E-state index contributed by atoms with van der Waals surface area (Å²) in [6.07, 6.45) is -2.07. The standard InChI is InChI=1S/C20H21ClF3N3O3S/c21-15-4-6-16(7-5-15)31(29,30)19(9-1-2-10-19)18(28)26-12-11-25-17-8-3-14(13-27-17)20(22,23)24/h3-8,13H,1-2,9-12H2,(H,25,27)(H,26,28). The number of amides is 1. The van der Waals surface area contributed by atoms with Gasteiger partial charge in [-0.2, -0.15) is 13.2 Å². The number of carbonyl (C=O) groups excluding carboxylic acids is 1. The van der Waals surface area contributed by atoms with Crippen molar-refractivity contribution in [2.45, 2.75) is 41.5 Å². The molecule has 1 amide bonds. The van der Waals surface area contributed by atoms with Gasteiger partial charge < -0.3 is 10.6 Å². The third-order valence-corrected chi connectivity index (χ3v) is 8.04. The van der Waals surface area contributed by atoms with Crippen LogP contribution in [0.15, 0.2) is 47.5 Å². The van der Waals surface area contributed by atoms with E-state index in [9.17, 15) is 26.4 Å². The fourth-order valence-corrected chi connectivity index (χ4v) is 5.81. The number of nitrogens with one attached hydrogen (secondary N) is 2. The monoisotopic (exact) mass is 475 g/mol. The summed E-state index contributed by atoms with van der Waals surface area (Å²) in [5, 5.41) is 5.84. The molecule has 168 valence electrons. The van der Waals surface area contributed by atoms with Crippen LogP contribution >= 0.6 is 11.6 Å². The van der Waals surface area contributed by atoms with Gasteiger partial charge in [0.2, 0.25) is 5.91 Å². The van der Waals surface area contributed by atoms with Gasteiger partial charge in [-0.3, -0.25) is 4.79 Å². The lowest BCUT2D eigenvalue weighted by Gasteiger charge is -2.27. The first-order valence-corrected chi connectivity index (χ1v) is 11.5. The normalized spacial score (nSPS) is 16.1. The van der Waals surface area contributed by atoms with Crippen molar-refractivity contribution in [1.82, 2.24) is 10.3 Å². The number of aromatic nitrogens is 1. The fourth-order valence-electron chi connectivity index (χ4n) is 3.60. The van der Waals surface area contributed by atoms with Gasteiger partial charge in [-0.1, -0.05) is 24.4 Å². The predicted molar refractivity (Wildman–Crippen MR) is 111 cm³/mol. The van der Waals surface area contributed by atoms with Crippen LogP contribution in [-0.4, -0.2) is 37.1 Å². The molecular weight excluding hydrogens is 455 g/mol. The lowest BCUT2D eigenvalue weighted by atomic mass is 10.1. The fraction of sp³-hybridized carbons (Fsp3) is 0.400. The molecule has 1 fully saturated rings. The van der Waals surface area contributed by atoms with Crippen molar-refractivity contribution in [3.05, 3.63) is 53.2 Å². The Hall–Kier alpha value is -2.33. The molecule has 1 heterocycles. The number of benzene rings is 1. The summed E-state index contributed by atoms with van der Waals surface area (Å²) in [6, 6.07) is 7.81. The molecule has 1 saturated carbocycles. The van der Waals surface area contributed by atoms with Crippen molar-refractivity contribution < 1.29 is 26.4 Å². The molecule has 1 aromatic carbocycles. The minimum atomic E-state index is -4.47. The van der Waals surface area contributed by atoms with Gasteiger partial charge in [0.25, 0.3) is 0 Å². The highest BCUT2D eigenvalue weighted by molar-refractivity contribution is 7.93. The van der Waals surface area contributed by atoms with Gasteiger partial charge in [-0.15, -0.1) is 0 Å². The first-order chi connectivity index (χ1) is 14.6. The molecule has 2 N–H and O–H groups in total. The van der Waals surface area contributed by atoms with Crippen LogP contribution < -0.4 is 10.6 Å². The number of alkyl halides is 3. The SMILES string of the molecule is O=C(NCCNc1ccc(C(F)(F)F)cn1)C1(S(=O)(=O)c2ccc(Cl)cc2)CCCC1. The second kappa shape index (κ2) is 9.04. The highest BCUT2D eigenvalue weighted by atomic mass is 35.5. The van der Waals surface area contributed by atoms with Gasteiger partial charge in [0.1, 0.15) is 5.82 Å². The van der Waals surface area contributed by atoms with Gasteiger partial charge in [0.05, 0.1) is 10.5 Å². The van der Waals surface area contributed by atoms with Crippen LogP contribution in [0, 0.1) is 0 Å². The molecule has 31 heavy (non-hydrogen) atoms.